The molecule has 1 aliphatic heterocycles. The predicted octanol–water partition coefficient (Wildman–Crippen LogP) is 0.469. The maximum absolute atomic E-state index is 4.17. The average Bonchev–Trinajstić information content (AvgIpc) is 2.90. The molecule has 1 fully saturated rings. The van der Waals surface area contributed by atoms with Gasteiger partial charge in [-0.15, -0.1) is 5.10 Å². The van der Waals surface area contributed by atoms with Crippen LogP contribution in [0.2, 0.25) is 0 Å². The summed E-state index contributed by atoms with van der Waals surface area (Å²) in [5.41, 5.74) is 1.22. The first-order valence-electron chi connectivity index (χ1n) is 7.01. The first kappa shape index (κ1) is 13.2. The SMILES string of the molecule is CN1CCN(Cc2nnnn2Cc2ccccc2)CC1. The van der Waals surface area contributed by atoms with Crippen LogP contribution in [0.5, 0.6) is 0 Å². The van der Waals surface area contributed by atoms with Gasteiger partial charge in [0.1, 0.15) is 0 Å². The molecule has 106 valence electrons. The van der Waals surface area contributed by atoms with Crippen molar-refractivity contribution in [3.8, 4) is 0 Å². The second-order valence-corrected chi connectivity index (χ2v) is 5.32. The molecule has 0 unspecified atom stereocenters. The minimum absolute atomic E-state index is 0.733. The van der Waals surface area contributed by atoms with Crippen LogP contribution in [0.15, 0.2) is 30.3 Å². The van der Waals surface area contributed by atoms with E-state index in [0.29, 0.717) is 0 Å². The van der Waals surface area contributed by atoms with E-state index in [9.17, 15) is 0 Å². The van der Waals surface area contributed by atoms with E-state index in [-0.39, 0.29) is 0 Å². The van der Waals surface area contributed by atoms with Crippen LogP contribution >= 0.6 is 0 Å². The summed E-state index contributed by atoms with van der Waals surface area (Å²) >= 11 is 0. The third-order valence-electron chi connectivity index (χ3n) is 3.74. The maximum atomic E-state index is 4.17. The van der Waals surface area contributed by atoms with Crippen LogP contribution in [0.4, 0.5) is 0 Å². The van der Waals surface area contributed by atoms with Gasteiger partial charge in [0.25, 0.3) is 0 Å². The van der Waals surface area contributed by atoms with Gasteiger partial charge in [-0.3, -0.25) is 4.90 Å². The van der Waals surface area contributed by atoms with Crippen LogP contribution in [0.3, 0.4) is 0 Å². The molecular formula is C14H20N6. The third kappa shape index (κ3) is 3.20. The normalized spacial score (nSPS) is 17.4. The lowest BCUT2D eigenvalue weighted by Gasteiger charge is -2.31. The van der Waals surface area contributed by atoms with Crippen molar-refractivity contribution in [1.29, 1.82) is 0 Å². The Morgan fingerprint density at radius 3 is 2.50 bits per heavy atom. The van der Waals surface area contributed by atoms with E-state index >= 15 is 0 Å². The summed E-state index contributed by atoms with van der Waals surface area (Å²) in [6.45, 7) is 5.94. The minimum Gasteiger partial charge on any atom is -0.304 e. The summed E-state index contributed by atoms with van der Waals surface area (Å²) in [6.07, 6.45) is 0. The van der Waals surface area contributed by atoms with Crippen LogP contribution in [0, 0.1) is 0 Å². The minimum atomic E-state index is 0.733. The smallest absolute Gasteiger partial charge is 0.165 e. The summed E-state index contributed by atoms with van der Waals surface area (Å²) in [6, 6.07) is 10.3. The van der Waals surface area contributed by atoms with Gasteiger partial charge >= 0.3 is 0 Å². The van der Waals surface area contributed by atoms with Crippen molar-refractivity contribution in [2.24, 2.45) is 0 Å². The third-order valence-corrected chi connectivity index (χ3v) is 3.74. The zero-order valence-electron chi connectivity index (χ0n) is 11.8. The van der Waals surface area contributed by atoms with E-state index in [1.807, 2.05) is 22.9 Å². The molecule has 1 aromatic carbocycles. The van der Waals surface area contributed by atoms with Gasteiger partial charge in [-0.1, -0.05) is 30.3 Å². The monoisotopic (exact) mass is 272 g/mol. The molecule has 1 saturated heterocycles. The summed E-state index contributed by atoms with van der Waals surface area (Å²) < 4.78 is 1.90. The molecule has 1 aliphatic rings. The second-order valence-electron chi connectivity index (χ2n) is 5.32. The number of likely N-dealkylation sites (N-methyl/N-ethyl adjacent to an activating group) is 1. The lowest BCUT2D eigenvalue weighted by molar-refractivity contribution is 0.144. The zero-order valence-corrected chi connectivity index (χ0v) is 11.8. The summed E-state index contributed by atoms with van der Waals surface area (Å²) in [4.78, 5) is 4.76. The Hall–Kier alpha value is -1.79. The highest BCUT2D eigenvalue weighted by atomic mass is 15.5. The van der Waals surface area contributed by atoms with Crippen LogP contribution < -0.4 is 0 Å². The van der Waals surface area contributed by atoms with E-state index in [2.05, 4.69) is 44.5 Å². The molecule has 0 atom stereocenters. The lowest BCUT2D eigenvalue weighted by Crippen LogP contribution is -2.44. The molecule has 1 aromatic heterocycles. The van der Waals surface area contributed by atoms with E-state index in [0.717, 1.165) is 45.1 Å². The zero-order chi connectivity index (χ0) is 13.8. The molecule has 0 spiro atoms. The Kier molecular flexibility index (Phi) is 4.03. The van der Waals surface area contributed by atoms with Gasteiger partial charge in [-0.2, -0.15) is 0 Å². The molecule has 0 radical (unpaired) electrons. The van der Waals surface area contributed by atoms with Crippen molar-refractivity contribution in [1.82, 2.24) is 30.0 Å². The Labute approximate surface area is 119 Å². The molecule has 6 heteroatoms. The molecule has 0 bridgehead atoms. The van der Waals surface area contributed by atoms with Crippen molar-refractivity contribution < 1.29 is 0 Å². The van der Waals surface area contributed by atoms with Gasteiger partial charge in [0, 0.05) is 26.2 Å². The molecule has 2 aromatic rings. The van der Waals surface area contributed by atoms with Crippen molar-refractivity contribution in [2.45, 2.75) is 13.1 Å². The van der Waals surface area contributed by atoms with Crippen molar-refractivity contribution in [2.75, 3.05) is 33.2 Å². The van der Waals surface area contributed by atoms with E-state index in [1.165, 1.54) is 5.56 Å². The van der Waals surface area contributed by atoms with Gasteiger partial charge in [0.15, 0.2) is 5.82 Å². The Bertz CT molecular complexity index is 530. The highest BCUT2D eigenvalue weighted by Gasteiger charge is 2.17. The molecule has 0 amide bonds. The van der Waals surface area contributed by atoms with Gasteiger partial charge in [-0.05, 0) is 23.0 Å². The van der Waals surface area contributed by atoms with E-state index in [1.54, 1.807) is 0 Å². The second kappa shape index (κ2) is 6.11. The molecular weight excluding hydrogens is 252 g/mol. The topological polar surface area (TPSA) is 50.1 Å². The number of hydrogen-bond donors (Lipinski definition) is 0. The average molecular weight is 272 g/mol. The van der Waals surface area contributed by atoms with Crippen LogP contribution in [0.1, 0.15) is 11.4 Å². The standard InChI is InChI=1S/C14H20N6/c1-18-7-9-19(10-8-18)12-14-15-16-17-20(14)11-13-5-3-2-4-6-13/h2-6H,7-12H2,1H3. The Morgan fingerprint density at radius 1 is 1.00 bits per heavy atom. The number of nitrogens with zero attached hydrogens (tertiary/aromatic N) is 6. The summed E-state index contributed by atoms with van der Waals surface area (Å²) in [5.74, 6) is 0.943. The molecule has 0 saturated carbocycles. The van der Waals surface area contributed by atoms with Crippen molar-refractivity contribution in [3.63, 3.8) is 0 Å². The highest BCUT2D eigenvalue weighted by Crippen LogP contribution is 2.07. The fraction of sp³-hybridized carbons (Fsp3) is 0.500. The number of rotatable bonds is 4. The number of piperazine rings is 1. The van der Waals surface area contributed by atoms with E-state index < -0.39 is 0 Å². The maximum Gasteiger partial charge on any atom is 0.165 e. The fourth-order valence-electron chi connectivity index (χ4n) is 2.42. The summed E-state index contributed by atoms with van der Waals surface area (Å²) in [7, 11) is 2.16. The first-order valence-corrected chi connectivity index (χ1v) is 7.01. The van der Waals surface area contributed by atoms with Crippen molar-refractivity contribution >= 4 is 0 Å². The number of hydrogen-bond acceptors (Lipinski definition) is 5. The first-order chi connectivity index (χ1) is 9.81. The fourth-order valence-corrected chi connectivity index (χ4v) is 2.42. The van der Waals surface area contributed by atoms with Crippen LogP contribution in [-0.2, 0) is 13.1 Å². The summed E-state index contributed by atoms with van der Waals surface area (Å²) in [5, 5.41) is 12.1. The van der Waals surface area contributed by atoms with Gasteiger partial charge in [0.05, 0.1) is 13.1 Å². The molecule has 20 heavy (non-hydrogen) atoms. The lowest BCUT2D eigenvalue weighted by atomic mass is 10.2. The van der Waals surface area contributed by atoms with Crippen molar-refractivity contribution in [3.05, 3.63) is 41.7 Å². The Morgan fingerprint density at radius 2 is 1.75 bits per heavy atom. The highest BCUT2D eigenvalue weighted by molar-refractivity contribution is 5.14. The number of tetrazole rings is 1. The molecule has 0 N–H and O–H groups in total. The number of benzene rings is 1. The quantitative estimate of drug-likeness (QED) is 0.810. The van der Waals surface area contributed by atoms with Crippen LogP contribution in [0.25, 0.3) is 0 Å². The largest absolute Gasteiger partial charge is 0.304 e. The predicted molar refractivity (Wildman–Crippen MR) is 76.1 cm³/mol. The molecule has 6 nitrogen and oxygen atoms in total. The van der Waals surface area contributed by atoms with Gasteiger partial charge in [0.2, 0.25) is 0 Å². The van der Waals surface area contributed by atoms with E-state index in [4.69, 9.17) is 0 Å². The molecule has 2 heterocycles. The number of aromatic nitrogens is 4. The van der Waals surface area contributed by atoms with Gasteiger partial charge < -0.3 is 4.90 Å². The molecule has 3 rings (SSSR count). The Balaban J connectivity index is 1.65. The van der Waals surface area contributed by atoms with Gasteiger partial charge in [-0.25, -0.2) is 4.68 Å². The molecule has 0 aliphatic carbocycles. The van der Waals surface area contributed by atoms with Crippen LogP contribution in [-0.4, -0.2) is 63.2 Å².